The Morgan fingerprint density at radius 1 is 1.18 bits per heavy atom. The van der Waals surface area contributed by atoms with Crippen LogP contribution >= 0.6 is 0 Å². The third kappa shape index (κ3) is 4.52. The molecule has 3 fully saturated rings. The molecule has 6 nitrogen and oxygen atoms in total. The molecule has 4 atom stereocenters. The van der Waals surface area contributed by atoms with Crippen molar-refractivity contribution in [3.63, 3.8) is 0 Å². The van der Waals surface area contributed by atoms with Crippen LogP contribution in [-0.4, -0.2) is 47.9 Å². The van der Waals surface area contributed by atoms with E-state index < -0.39 is 0 Å². The van der Waals surface area contributed by atoms with Crippen molar-refractivity contribution in [3.05, 3.63) is 35.6 Å². The number of carbonyl (C=O) groups is 2. The van der Waals surface area contributed by atoms with E-state index in [1.807, 2.05) is 0 Å². The topological polar surface area (TPSA) is 73.5 Å². The van der Waals surface area contributed by atoms with Crippen LogP contribution in [0.1, 0.15) is 44.1 Å². The summed E-state index contributed by atoms with van der Waals surface area (Å²) < 4.78 is 13.0. The van der Waals surface area contributed by atoms with E-state index in [-0.39, 0.29) is 29.7 Å². The smallest absolute Gasteiger partial charge is 0.224 e. The number of fused-ring (bicyclic) bond motifs is 1. The molecule has 0 aromatic heterocycles. The third-order valence-electron chi connectivity index (χ3n) is 6.36. The molecule has 4 rings (SSSR count). The first-order chi connectivity index (χ1) is 13.6. The minimum atomic E-state index is -0.254. The van der Waals surface area contributed by atoms with Gasteiger partial charge in [-0.15, -0.1) is 0 Å². The van der Waals surface area contributed by atoms with Crippen molar-refractivity contribution in [2.45, 2.75) is 63.1 Å². The van der Waals surface area contributed by atoms with Gasteiger partial charge in [0.25, 0.3) is 0 Å². The van der Waals surface area contributed by atoms with Gasteiger partial charge in [-0.05, 0) is 42.9 Å². The number of nitrogens with zero attached hydrogens (tertiary/aromatic N) is 1. The molecule has 1 aromatic rings. The van der Waals surface area contributed by atoms with Gasteiger partial charge in [-0.25, -0.2) is 4.39 Å². The van der Waals surface area contributed by atoms with Crippen molar-refractivity contribution in [2.24, 2.45) is 5.92 Å². The molecule has 3 N–H and O–H groups in total. The molecule has 1 aromatic carbocycles. The average Bonchev–Trinajstić information content (AvgIpc) is 3.24. The number of hydrogen-bond acceptors (Lipinski definition) is 4. The fourth-order valence-electron chi connectivity index (χ4n) is 4.83. The normalized spacial score (nSPS) is 29.8. The maximum Gasteiger partial charge on any atom is 0.224 e. The standard InChI is InChI=1S/C21H29FN4O2/c22-15-7-5-14(6-8-15)9-10-26-13-16(11-21(26)28)23-20(27)12-19-17-3-1-2-4-18(17)24-25-19/h5-8,16-19,24-25H,1-4,9-13H2,(H,23,27). The summed E-state index contributed by atoms with van der Waals surface area (Å²) in [6.07, 6.45) is 6.34. The highest BCUT2D eigenvalue weighted by Gasteiger charge is 2.38. The molecule has 0 radical (unpaired) electrons. The zero-order chi connectivity index (χ0) is 19.5. The molecule has 0 bridgehead atoms. The van der Waals surface area contributed by atoms with Crippen LogP contribution in [-0.2, 0) is 16.0 Å². The summed E-state index contributed by atoms with van der Waals surface area (Å²) in [5, 5.41) is 3.05. The fraction of sp³-hybridized carbons (Fsp3) is 0.619. The van der Waals surface area contributed by atoms with Crippen molar-refractivity contribution >= 4 is 11.8 Å². The van der Waals surface area contributed by atoms with Gasteiger partial charge < -0.3 is 10.2 Å². The molecule has 2 saturated heterocycles. The van der Waals surface area contributed by atoms with Gasteiger partial charge in [-0.1, -0.05) is 25.0 Å². The highest BCUT2D eigenvalue weighted by Crippen LogP contribution is 2.31. The summed E-state index contributed by atoms with van der Waals surface area (Å²) in [6, 6.07) is 6.91. The Balaban J connectivity index is 1.22. The van der Waals surface area contributed by atoms with Crippen LogP contribution in [0.15, 0.2) is 24.3 Å². The highest BCUT2D eigenvalue weighted by molar-refractivity contribution is 5.82. The Kier molecular flexibility index (Phi) is 5.92. The van der Waals surface area contributed by atoms with E-state index in [0.29, 0.717) is 44.3 Å². The Morgan fingerprint density at radius 2 is 1.96 bits per heavy atom. The summed E-state index contributed by atoms with van der Waals surface area (Å²) in [4.78, 5) is 26.6. The Hall–Kier alpha value is -1.99. The lowest BCUT2D eigenvalue weighted by molar-refractivity contribution is -0.127. The molecule has 1 aliphatic carbocycles. The van der Waals surface area contributed by atoms with E-state index in [0.717, 1.165) is 5.56 Å². The van der Waals surface area contributed by atoms with E-state index in [1.165, 1.54) is 37.8 Å². The maximum atomic E-state index is 13.0. The molecule has 152 valence electrons. The summed E-state index contributed by atoms with van der Waals surface area (Å²) in [5.74, 6) is 0.358. The predicted molar refractivity (Wildman–Crippen MR) is 104 cm³/mol. The SMILES string of the molecule is O=C(CC1NNC2CCCCC21)NC1CC(=O)N(CCc2ccc(F)cc2)C1. The molecule has 0 spiro atoms. The zero-order valence-corrected chi connectivity index (χ0v) is 16.1. The van der Waals surface area contributed by atoms with Crippen LogP contribution < -0.4 is 16.2 Å². The predicted octanol–water partition coefficient (Wildman–Crippen LogP) is 1.51. The molecule has 28 heavy (non-hydrogen) atoms. The summed E-state index contributed by atoms with van der Waals surface area (Å²) in [6.45, 7) is 1.14. The van der Waals surface area contributed by atoms with Gasteiger partial charge in [0.15, 0.2) is 0 Å². The van der Waals surface area contributed by atoms with Gasteiger partial charge in [-0.3, -0.25) is 20.4 Å². The number of halogens is 1. The highest BCUT2D eigenvalue weighted by atomic mass is 19.1. The second kappa shape index (κ2) is 8.57. The summed E-state index contributed by atoms with van der Waals surface area (Å²) >= 11 is 0. The fourth-order valence-corrected chi connectivity index (χ4v) is 4.83. The lowest BCUT2D eigenvalue weighted by Crippen LogP contribution is -2.42. The van der Waals surface area contributed by atoms with Crippen molar-refractivity contribution in [1.82, 2.24) is 21.1 Å². The van der Waals surface area contributed by atoms with Gasteiger partial charge in [0, 0.05) is 38.0 Å². The van der Waals surface area contributed by atoms with Gasteiger partial charge in [0.2, 0.25) is 11.8 Å². The molecule has 7 heteroatoms. The molecule has 2 amide bonds. The number of nitrogens with one attached hydrogen (secondary N) is 3. The number of rotatable bonds is 6. The monoisotopic (exact) mass is 388 g/mol. The zero-order valence-electron chi connectivity index (χ0n) is 16.1. The average molecular weight is 388 g/mol. The minimum absolute atomic E-state index is 0.0173. The first-order valence-corrected chi connectivity index (χ1v) is 10.4. The number of amides is 2. The van der Waals surface area contributed by atoms with Gasteiger partial charge in [0.05, 0.1) is 6.04 Å². The second-order valence-corrected chi connectivity index (χ2v) is 8.34. The molecular formula is C21H29FN4O2. The van der Waals surface area contributed by atoms with E-state index in [4.69, 9.17) is 0 Å². The van der Waals surface area contributed by atoms with E-state index in [9.17, 15) is 14.0 Å². The van der Waals surface area contributed by atoms with Crippen molar-refractivity contribution < 1.29 is 14.0 Å². The van der Waals surface area contributed by atoms with Crippen molar-refractivity contribution in [2.75, 3.05) is 13.1 Å². The van der Waals surface area contributed by atoms with Crippen molar-refractivity contribution in [1.29, 1.82) is 0 Å². The number of benzene rings is 1. The van der Waals surface area contributed by atoms with E-state index >= 15 is 0 Å². The Labute approximate surface area is 165 Å². The Bertz CT molecular complexity index is 711. The maximum absolute atomic E-state index is 13.0. The van der Waals surface area contributed by atoms with Crippen LogP contribution in [0.5, 0.6) is 0 Å². The molecule has 4 unspecified atom stereocenters. The molecule has 1 saturated carbocycles. The van der Waals surface area contributed by atoms with Gasteiger partial charge in [0.1, 0.15) is 5.82 Å². The first kappa shape index (κ1) is 19.3. The molecular weight excluding hydrogens is 359 g/mol. The minimum Gasteiger partial charge on any atom is -0.351 e. The summed E-state index contributed by atoms with van der Waals surface area (Å²) in [5.41, 5.74) is 7.64. The quantitative estimate of drug-likeness (QED) is 0.691. The van der Waals surface area contributed by atoms with E-state index in [2.05, 4.69) is 16.2 Å². The molecule has 2 aliphatic heterocycles. The largest absolute Gasteiger partial charge is 0.351 e. The van der Waals surface area contributed by atoms with Crippen molar-refractivity contribution in [3.8, 4) is 0 Å². The number of likely N-dealkylation sites (tertiary alicyclic amines) is 1. The lowest BCUT2D eigenvalue weighted by atomic mass is 9.81. The van der Waals surface area contributed by atoms with Crippen LogP contribution in [0.4, 0.5) is 4.39 Å². The lowest BCUT2D eigenvalue weighted by Gasteiger charge is -2.27. The number of hydrazine groups is 1. The third-order valence-corrected chi connectivity index (χ3v) is 6.36. The number of carbonyl (C=O) groups excluding carboxylic acids is 2. The second-order valence-electron chi connectivity index (χ2n) is 8.34. The van der Waals surface area contributed by atoms with Crippen LogP contribution in [0, 0.1) is 11.7 Å². The number of hydrogen-bond donors (Lipinski definition) is 3. The summed E-state index contributed by atoms with van der Waals surface area (Å²) in [7, 11) is 0. The van der Waals surface area contributed by atoms with Gasteiger partial charge in [-0.2, -0.15) is 0 Å². The van der Waals surface area contributed by atoms with Gasteiger partial charge >= 0.3 is 0 Å². The van der Waals surface area contributed by atoms with E-state index in [1.54, 1.807) is 17.0 Å². The van der Waals surface area contributed by atoms with Crippen LogP contribution in [0.25, 0.3) is 0 Å². The van der Waals surface area contributed by atoms with Crippen LogP contribution in [0.2, 0.25) is 0 Å². The molecule has 3 aliphatic rings. The first-order valence-electron chi connectivity index (χ1n) is 10.4. The van der Waals surface area contributed by atoms with Crippen LogP contribution in [0.3, 0.4) is 0 Å². The Morgan fingerprint density at radius 3 is 2.79 bits per heavy atom. The molecule has 2 heterocycles.